The maximum atomic E-state index is 11.9. The van der Waals surface area contributed by atoms with E-state index in [0.29, 0.717) is 11.7 Å². The molecule has 0 bridgehead atoms. The van der Waals surface area contributed by atoms with Gasteiger partial charge in [0.15, 0.2) is 9.84 Å². The zero-order chi connectivity index (χ0) is 16.3. The number of anilines is 1. The first-order chi connectivity index (χ1) is 10.3. The van der Waals surface area contributed by atoms with Gasteiger partial charge in [-0.05, 0) is 32.6 Å². The molecule has 1 aromatic heterocycles. The van der Waals surface area contributed by atoms with E-state index in [0.717, 1.165) is 5.69 Å². The van der Waals surface area contributed by atoms with E-state index in [1.54, 1.807) is 6.92 Å². The summed E-state index contributed by atoms with van der Waals surface area (Å²) in [5, 5.41) is 9.76. The average molecular weight is 328 g/mol. The van der Waals surface area contributed by atoms with Crippen molar-refractivity contribution in [3.8, 4) is 0 Å². The molecule has 1 aliphatic carbocycles. The minimum Gasteiger partial charge on any atom is -0.337 e. The van der Waals surface area contributed by atoms with Crippen LogP contribution < -0.4 is 10.6 Å². The van der Waals surface area contributed by atoms with Gasteiger partial charge >= 0.3 is 6.03 Å². The van der Waals surface area contributed by atoms with Gasteiger partial charge in [-0.15, -0.1) is 0 Å². The first-order valence-corrected chi connectivity index (χ1v) is 9.46. The molecule has 1 aromatic rings. The lowest BCUT2D eigenvalue weighted by molar-refractivity contribution is 0.252. The second kappa shape index (κ2) is 6.68. The Kier molecular flexibility index (Phi) is 5.10. The predicted octanol–water partition coefficient (Wildman–Crippen LogP) is 1.72. The van der Waals surface area contributed by atoms with E-state index in [2.05, 4.69) is 22.7 Å². The Morgan fingerprint density at radius 2 is 2.18 bits per heavy atom. The van der Waals surface area contributed by atoms with Gasteiger partial charge in [-0.3, -0.25) is 5.32 Å². The normalized spacial score (nSPS) is 16.3. The van der Waals surface area contributed by atoms with Crippen LogP contribution in [0.2, 0.25) is 0 Å². The Morgan fingerprint density at radius 3 is 2.77 bits per heavy atom. The molecule has 1 atom stereocenters. The zero-order valence-electron chi connectivity index (χ0n) is 13.3. The molecular formula is C14H24N4O3S. The number of sulfone groups is 1. The lowest BCUT2D eigenvalue weighted by Crippen LogP contribution is -2.34. The summed E-state index contributed by atoms with van der Waals surface area (Å²) >= 11 is 0. The molecular weight excluding hydrogens is 304 g/mol. The first-order valence-electron chi connectivity index (χ1n) is 7.64. The molecule has 0 aromatic carbocycles. The van der Waals surface area contributed by atoms with E-state index in [-0.39, 0.29) is 24.1 Å². The number of hydrogen-bond donors (Lipinski definition) is 2. The Labute approximate surface area is 131 Å². The summed E-state index contributed by atoms with van der Waals surface area (Å²) < 4.78 is 24.6. The van der Waals surface area contributed by atoms with Gasteiger partial charge in [0, 0.05) is 18.4 Å². The molecule has 1 saturated carbocycles. The molecule has 0 aliphatic heterocycles. The highest BCUT2D eigenvalue weighted by Crippen LogP contribution is 2.40. The average Bonchev–Trinajstić information content (AvgIpc) is 3.22. The van der Waals surface area contributed by atoms with E-state index in [9.17, 15) is 13.2 Å². The highest BCUT2D eigenvalue weighted by molar-refractivity contribution is 7.91. The van der Waals surface area contributed by atoms with Crippen molar-refractivity contribution in [3.05, 3.63) is 11.8 Å². The summed E-state index contributed by atoms with van der Waals surface area (Å²) in [5.74, 6) is 1.31. The van der Waals surface area contributed by atoms with Gasteiger partial charge in [0.05, 0.1) is 17.5 Å². The van der Waals surface area contributed by atoms with Crippen LogP contribution in [-0.4, -0.2) is 42.3 Å². The quantitative estimate of drug-likeness (QED) is 0.797. The van der Waals surface area contributed by atoms with E-state index < -0.39 is 15.9 Å². The Morgan fingerprint density at radius 1 is 1.50 bits per heavy atom. The summed E-state index contributed by atoms with van der Waals surface area (Å²) in [6.45, 7) is 5.68. The summed E-state index contributed by atoms with van der Waals surface area (Å²) in [7, 11) is -3.07. The number of aromatic nitrogens is 2. The molecule has 8 heteroatoms. The third-order valence-electron chi connectivity index (χ3n) is 3.93. The molecule has 1 heterocycles. The van der Waals surface area contributed by atoms with Crippen molar-refractivity contribution in [2.45, 2.75) is 39.7 Å². The van der Waals surface area contributed by atoms with E-state index in [1.807, 2.05) is 17.7 Å². The van der Waals surface area contributed by atoms with Crippen molar-refractivity contribution >= 4 is 21.7 Å². The number of nitrogens with zero attached hydrogens (tertiary/aromatic N) is 2. The van der Waals surface area contributed by atoms with Crippen molar-refractivity contribution < 1.29 is 13.2 Å². The van der Waals surface area contributed by atoms with Crippen LogP contribution in [-0.2, 0) is 9.84 Å². The monoisotopic (exact) mass is 328 g/mol. The molecule has 1 aliphatic rings. The number of urea groups is 1. The summed E-state index contributed by atoms with van der Waals surface area (Å²) in [6, 6.07) is 1.67. The second-order valence-electron chi connectivity index (χ2n) is 5.81. The zero-order valence-corrected chi connectivity index (χ0v) is 14.1. The molecule has 2 amide bonds. The maximum absolute atomic E-state index is 11.9. The van der Waals surface area contributed by atoms with E-state index in [4.69, 9.17) is 0 Å². The number of rotatable bonds is 7. The predicted molar refractivity (Wildman–Crippen MR) is 85.7 cm³/mol. The largest absolute Gasteiger partial charge is 0.337 e. The van der Waals surface area contributed by atoms with Crippen molar-refractivity contribution in [2.75, 3.05) is 23.4 Å². The lowest BCUT2D eigenvalue weighted by Gasteiger charge is -2.15. The van der Waals surface area contributed by atoms with Crippen molar-refractivity contribution in [1.82, 2.24) is 15.1 Å². The van der Waals surface area contributed by atoms with Crippen LogP contribution in [0.15, 0.2) is 6.07 Å². The number of carbonyl (C=O) groups is 1. The fourth-order valence-corrected chi connectivity index (χ4v) is 3.03. The minimum atomic E-state index is -3.07. The van der Waals surface area contributed by atoms with Crippen LogP contribution in [0.1, 0.15) is 38.4 Å². The number of hydrogen-bond acceptors (Lipinski definition) is 4. The number of nitrogens with one attached hydrogen (secondary N) is 2. The molecule has 0 unspecified atom stereocenters. The highest BCUT2D eigenvalue weighted by atomic mass is 32.2. The lowest BCUT2D eigenvalue weighted by atomic mass is 10.2. The molecule has 124 valence electrons. The molecule has 2 N–H and O–H groups in total. The van der Waals surface area contributed by atoms with Crippen LogP contribution in [0, 0.1) is 12.8 Å². The van der Waals surface area contributed by atoms with Crippen molar-refractivity contribution in [3.63, 3.8) is 0 Å². The summed E-state index contributed by atoms with van der Waals surface area (Å²) in [6.07, 6.45) is 2.39. The minimum absolute atomic E-state index is 0.0479. The second-order valence-corrected chi connectivity index (χ2v) is 8.28. The van der Waals surface area contributed by atoms with Crippen LogP contribution in [0.25, 0.3) is 0 Å². The molecule has 7 nitrogen and oxygen atoms in total. The Bertz CT molecular complexity index is 635. The van der Waals surface area contributed by atoms with Gasteiger partial charge in [0.2, 0.25) is 0 Å². The highest BCUT2D eigenvalue weighted by Gasteiger charge is 2.31. The van der Waals surface area contributed by atoms with Crippen molar-refractivity contribution in [1.29, 1.82) is 0 Å². The van der Waals surface area contributed by atoms with Crippen LogP contribution in [0.5, 0.6) is 0 Å². The molecule has 0 saturated heterocycles. The Hall–Kier alpha value is -1.57. The molecule has 1 fully saturated rings. The van der Waals surface area contributed by atoms with Gasteiger partial charge < -0.3 is 5.32 Å². The number of carbonyl (C=O) groups excluding carboxylic acids is 1. The van der Waals surface area contributed by atoms with E-state index >= 15 is 0 Å². The third kappa shape index (κ3) is 4.46. The van der Waals surface area contributed by atoms with Gasteiger partial charge in [0.25, 0.3) is 0 Å². The molecule has 0 radical (unpaired) electrons. The van der Waals surface area contributed by atoms with Gasteiger partial charge in [0.1, 0.15) is 5.82 Å². The maximum Gasteiger partial charge on any atom is 0.320 e. The molecule has 2 rings (SSSR count). The standard InChI is InChI=1S/C14H24N4O3S/c1-4-22(20,21)8-7-15-14(19)16-13-9-10(2)17-18(13)11(3)12-5-6-12/h9,11-12H,4-8H2,1-3H3,(H2,15,16,19)/t11-/m0/s1. The fraction of sp³-hybridized carbons (Fsp3) is 0.714. The van der Waals surface area contributed by atoms with Crippen LogP contribution in [0.3, 0.4) is 0 Å². The Balaban J connectivity index is 1.91. The number of aryl methyl sites for hydroxylation is 1. The third-order valence-corrected chi connectivity index (χ3v) is 5.63. The number of amides is 2. The molecule has 22 heavy (non-hydrogen) atoms. The van der Waals surface area contributed by atoms with E-state index in [1.165, 1.54) is 12.8 Å². The first kappa shape index (κ1) is 16.8. The topological polar surface area (TPSA) is 93.1 Å². The van der Waals surface area contributed by atoms with Crippen molar-refractivity contribution in [2.24, 2.45) is 5.92 Å². The SMILES string of the molecule is CCS(=O)(=O)CCNC(=O)Nc1cc(C)nn1[C@@H](C)C1CC1. The van der Waals surface area contributed by atoms with Gasteiger partial charge in [-0.25, -0.2) is 17.9 Å². The smallest absolute Gasteiger partial charge is 0.320 e. The summed E-state index contributed by atoms with van der Waals surface area (Å²) in [5.41, 5.74) is 0.844. The van der Waals surface area contributed by atoms with Crippen LogP contribution in [0.4, 0.5) is 10.6 Å². The van der Waals surface area contributed by atoms with Gasteiger partial charge in [-0.1, -0.05) is 6.92 Å². The fourth-order valence-electron chi connectivity index (χ4n) is 2.32. The molecule has 0 spiro atoms. The summed E-state index contributed by atoms with van der Waals surface area (Å²) in [4.78, 5) is 11.9. The van der Waals surface area contributed by atoms with Gasteiger partial charge in [-0.2, -0.15) is 5.10 Å². The van der Waals surface area contributed by atoms with Crippen LogP contribution >= 0.6 is 0 Å².